The molecule has 152 valence electrons. The van der Waals surface area contributed by atoms with E-state index < -0.39 is 0 Å². The lowest BCUT2D eigenvalue weighted by Gasteiger charge is -2.21. The summed E-state index contributed by atoms with van der Waals surface area (Å²) in [5.74, 6) is 6.20. The SMILES string of the molecule is Cn1nnc(-c2ccc(F)cc2)c1C#Cc1ccc(C(=O)CC2CCOCC2)cn1. The van der Waals surface area contributed by atoms with Crippen molar-refractivity contribution in [1.29, 1.82) is 0 Å². The van der Waals surface area contributed by atoms with E-state index in [0.29, 0.717) is 35.0 Å². The van der Waals surface area contributed by atoms with Gasteiger partial charge in [0, 0.05) is 44.0 Å². The molecule has 2 aromatic heterocycles. The number of aryl methyl sites for hydroxylation is 1. The number of benzene rings is 1. The molecule has 6 nitrogen and oxygen atoms in total. The van der Waals surface area contributed by atoms with Gasteiger partial charge in [-0.3, -0.25) is 4.79 Å². The molecule has 30 heavy (non-hydrogen) atoms. The minimum atomic E-state index is -0.314. The van der Waals surface area contributed by atoms with Gasteiger partial charge in [0.25, 0.3) is 0 Å². The Labute approximate surface area is 174 Å². The predicted octanol–water partition coefficient (Wildman–Crippen LogP) is 3.42. The minimum Gasteiger partial charge on any atom is -0.381 e. The third-order valence-corrected chi connectivity index (χ3v) is 5.15. The first-order valence-electron chi connectivity index (χ1n) is 9.85. The number of hydrogen-bond acceptors (Lipinski definition) is 5. The number of pyridine rings is 1. The van der Waals surface area contributed by atoms with Gasteiger partial charge in [-0.15, -0.1) is 5.10 Å². The van der Waals surface area contributed by atoms with Crippen molar-refractivity contribution >= 4 is 5.78 Å². The Morgan fingerprint density at radius 3 is 2.63 bits per heavy atom. The second-order valence-corrected chi connectivity index (χ2v) is 7.28. The van der Waals surface area contributed by atoms with Crippen LogP contribution in [0.3, 0.4) is 0 Å². The maximum absolute atomic E-state index is 13.2. The van der Waals surface area contributed by atoms with Gasteiger partial charge in [0.15, 0.2) is 5.78 Å². The van der Waals surface area contributed by atoms with E-state index in [0.717, 1.165) is 31.6 Å². The molecule has 0 amide bonds. The molecular weight excluding hydrogens is 383 g/mol. The third-order valence-electron chi connectivity index (χ3n) is 5.15. The number of carbonyl (C=O) groups excluding carboxylic acids is 1. The summed E-state index contributed by atoms with van der Waals surface area (Å²) in [6.45, 7) is 1.46. The first kappa shape index (κ1) is 19.9. The van der Waals surface area contributed by atoms with Gasteiger partial charge in [-0.25, -0.2) is 14.1 Å². The van der Waals surface area contributed by atoms with Crippen LogP contribution in [0.5, 0.6) is 0 Å². The second-order valence-electron chi connectivity index (χ2n) is 7.28. The highest BCUT2D eigenvalue weighted by atomic mass is 19.1. The lowest BCUT2D eigenvalue weighted by molar-refractivity contribution is 0.0601. The minimum absolute atomic E-state index is 0.100. The molecule has 0 spiro atoms. The van der Waals surface area contributed by atoms with Gasteiger partial charge in [-0.05, 0) is 67.0 Å². The molecule has 0 radical (unpaired) electrons. The first-order chi connectivity index (χ1) is 14.6. The Balaban J connectivity index is 1.49. The maximum atomic E-state index is 13.2. The summed E-state index contributed by atoms with van der Waals surface area (Å²) in [6.07, 6.45) is 3.96. The number of aromatic nitrogens is 4. The Bertz CT molecular complexity index is 1090. The van der Waals surface area contributed by atoms with Crippen LogP contribution >= 0.6 is 0 Å². The fourth-order valence-electron chi connectivity index (χ4n) is 3.39. The number of ether oxygens (including phenoxy) is 1. The predicted molar refractivity (Wildman–Crippen MR) is 109 cm³/mol. The van der Waals surface area contributed by atoms with E-state index in [1.54, 1.807) is 42.2 Å². The number of ketones is 1. The number of halogens is 1. The van der Waals surface area contributed by atoms with Crippen LogP contribution in [-0.4, -0.2) is 39.0 Å². The van der Waals surface area contributed by atoms with E-state index in [2.05, 4.69) is 27.1 Å². The van der Waals surface area contributed by atoms with Crippen molar-refractivity contribution in [3.05, 3.63) is 65.4 Å². The molecule has 1 fully saturated rings. The molecule has 0 aliphatic carbocycles. The zero-order valence-corrected chi connectivity index (χ0v) is 16.6. The van der Waals surface area contributed by atoms with Gasteiger partial charge in [0.05, 0.1) is 0 Å². The smallest absolute Gasteiger partial charge is 0.164 e. The summed E-state index contributed by atoms with van der Waals surface area (Å²) in [4.78, 5) is 16.8. The lowest BCUT2D eigenvalue weighted by Crippen LogP contribution is -2.18. The number of rotatable bonds is 4. The molecule has 0 atom stereocenters. The van der Waals surface area contributed by atoms with Crippen LogP contribution in [0.4, 0.5) is 4.39 Å². The standard InChI is InChI=1S/C23H21FN4O2/c1-28-21(23(26-27-28)17-2-5-19(24)6-3-17)9-8-20-7-4-18(15-25-20)22(29)14-16-10-12-30-13-11-16/h2-7,15-16H,10-14H2,1H3. The number of nitrogens with zero attached hydrogens (tertiary/aromatic N) is 4. The van der Waals surface area contributed by atoms with Crippen molar-refractivity contribution < 1.29 is 13.9 Å². The molecule has 0 bridgehead atoms. The highest BCUT2D eigenvalue weighted by Crippen LogP contribution is 2.21. The third kappa shape index (κ3) is 4.61. The largest absolute Gasteiger partial charge is 0.381 e. The van der Waals surface area contributed by atoms with E-state index in [1.807, 2.05) is 0 Å². The Kier molecular flexibility index (Phi) is 5.96. The fraction of sp³-hybridized carbons (Fsp3) is 0.304. The van der Waals surface area contributed by atoms with Crippen molar-refractivity contribution in [2.75, 3.05) is 13.2 Å². The van der Waals surface area contributed by atoms with E-state index >= 15 is 0 Å². The summed E-state index contributed by atoms with van der Waals surface area (Å²) >= 11 is 0. The van der Waals surface area contributed by atoms with Gasteiger partial charge in [-0.1, -0.05) is 5.21 Å². The molecule has 1 aliphatic rings. The Morgan fingerprint density at radius 1 is 1.17 bits per heavy atom. The van der Waals surface area contributed by atoms with Crippen LogP contribution < -0.4 is 0 Å². The van der Waals surface area contributed by atoms with Crippen LogP contribution in [-0.2, 0) is 11.8 Å². The maximum Gasteiger partial charge on any atom is 0.164 e. The van der Waals surface area contributed by atoms with Gasteiger partial charge in [0.2, 0.25) is 0 Å². The van der Waals surface area contributed by atoms with E-state index in [1.165, 1.54) is 12.1 Å². The van der Waals surface area contributed by atoms with Crippen LogP contribution in [0.15, 0.2) is 42.6 Å². The number of carbonyl (C=O) groups is 1. The molecule has 3 aromatic rings. The molecule has 7 heteroatoms. The zero-order valence-electron chi connectivity index (χ0n) is 16.6. The summed E-state index contributed by atoms with van der Waals surface area (Å²) in [6, 6.07) is 9.54. The Morgan fingerprint density at radius 2 is 1.93 bits per heavy atom. The number of Topliss-reactive ketones (excluding diaryl/α,β-unsaturated/α-hetero) is 1. The average molecular weight is 404 g/mol. The summed E-state index contributed by atoms with van der Waals surface area (Å²) in [7, 11) is 1.75. The molecule has 0 saturated carbocycles. The van der Waals surface area contributed by atoms with Gasteiger partial charge in [-0.2, -0.15) is 0 Å². The van der Waals surface area contributed by atoms with E-state index in [4.69, 9.17) is 4.74 Å². The van der Waals surface area contributed by atoms with Gasteiger partial charge >= 0.3 is 0 Å². The highest BCUT2D eigenvalue weighted by Gasteiger charge is 2.18. The zero-order chi connectivity index (χ0) is 20.9. The molecule has 0 N–H and O–H groups in total. The van der Waals surface area contributed by atoms with Crippen LogP contribution in [0.2, 0.25) is 0 Å². The van der Waals surface area contributed by atoms with Crippen molar-refractivity contribution in [3.63, 3.8) is 0 Å². The molecule has 0 unspecified atom stereocenters. The molecule has 1 aromatic carbocycles. The quantitative estimate of drug-likeness (QED) is 0.492. The topological polar surface area (TPSA) is 69.9 Å². The fourth-order valence-corrected chi connectivity index (χ4v) is 3.39. The second kappa shape index (κ2) is 8.97. The molecule has 1 aliphatic heterocycles. The normalized spacial score (nSPS) is 14.2. The average Bonchev–Trinajstić information content (AvgIpc) is 3.14. The lowest BCUT2D eigenvalue weighted by atomic mass is 9.92. The van der Waals surface area contributed by atoms with Crippen molar-refractivity contribution in [3.8, 4) is 23.1 Å². The van der Waals surface area contributed by atoms with Crippen molar-refractivity contribution in [2.24, 2.45) is 13.0 Å². The first-order valence-corrected chi connectivity index (χ1v) is 9.85. The number of hydrogen-bond donors (Lipinski definition) is 0. The monoisotopic (exact) mass is 404 g/mol. The molecule has 4 rings (SSSR count). The summed E-state index contributed by atoms with van der Waals surface area (Å²) in [5, 5.41) is 8.15. The Hall–Kier alpha value is -3.37. The van der Waals surface area contributed by atoms with Crippen LogP contribution in [0, 0.1) is 23.6 Å². The van der Waals surface area contributed by atoms with Crippen LogP contribution in [0.25, 0.3) is 11.3 Å². The highest BCUT2D eigenvalue weighted by molar-refractivity contribution is 5.95. The van der Waals surface area contributed by atoms with Crippen molar-refractivity contribution in [2.45, 2.75) is 19.3 Å². The molecular formula is C23H21FN4O2. The van der Waals surface area contributed by atoms with Crippen LogP contribution in [0.1, 0.15) is 41.0 Å². The van der Waals surface area contributed by atoms with Crippen molar-refractivity contribution in [1.82, 2.24) is 20.0 Å². The van der Waals surface area contributed by atoms with E-state index in [9.17, 15) is 9.18 Å². The van der Waals surface area contributed by atoms with Gasteiger partial charge in [0.1, 0.15) is 22.9 Å². The van der Waals surface area contributed by atoms with Gasteiger partial charge < -0.3 is 4.74 Å². The molecule has 3 heterocycles. The summed E-state index contributed by atoms with van der Waals surface area (Å²) < 4.78 is 20.1. The summed E-state index contributed by atoms with van der Waals surface area (Å²) in [5.41, 5.74) is 3.05. The van der Waals surface area contributed by atoms with E-state index in [-0.39, 0.29) is 11.6 Å². The molecule has 1 saturated heterocycles.